The number of nitrogens with zero attached hydrogens (tertiary/aromatic N) is 1. The average molecular weight is 431 g/mol. The quantitative estimate of drug-likeness (QED) is 0.630. The predicted octanol–water partition coefficient (Wildman–Crippen LogP) is 2.46. The fraction of sp³-hybridized carbons (Fsp3) is 0.200. The number of hydrogen-bond acceptors (Lipinski definition) is 5. The van der Waals surface area contributed by atoms with Gasteiger partial charge in [-0.1, -0.05) is 23.7 Å². The molecule has 9 nitrogen and oxygen atoms in total. The Morgan fingerprint density at radius 3 is 2.33 bits per heavy atom. The summed E-state index contributed by atoms with van der Waals surface area (Å²) in [7, 11) is 1.52. The van der Waals surface area contributed by atoms with Crippen LogP contribution in [0.2, 0.25) is 5.02 Å². The molecule has 0 bridgehead atoms. The number of halogens is 1. The van der Waals surface area contributed by atoms with Crippen LogP contribution in [-0.2, 0) is 15.1 Å². The van der Waals surface area contributed by atoms with Gasteiger partial charge in [0.1, 0.15) is 17.8 Å². The van der Waals surface area contributed by atoms with Gasteiger partial charge in [-0.2, -0.15) is 0 Å². The van der Waals surface area contributed by atoms with Crippen molar-refractivity contribution in [2.24, 2.45) is 0 Å². The molecule has 1 aliphatic heterocycles. The van der Waals surface area contributed by atoms with Crippen molar-refractivity contribution in [3.8, 4) is 5.75 Å². The van der Waals surface area contributed by atoms with Gasteiger partial charge in [0.2, 0.25) is 5.91 Å². The molecule has 1 saturated heterocycles. The van der Waals surface area contributed by atoms with Gasteiger partial charge in [-0.15, -0.1) is 0 Å². The van der Waals surface area contributed by atoms with Crippen molar-refractivity contribution in [3.63, 3.8) is 0 Å². The summed E-state index contributed by atoms with van der Waals surface area (Å²) in [5, 5.41) is 7.63. The molecule has 1 fully saturated rings. The number of anilines is 1. The Balaban J connectivity index is 1.61. The van der Waals surface area contributed by atoms with E-state index >= 15 is 0 Å². The van der Waals surface area contributed by atoms with E-state index < -0.39 is 36.0 Å². The molecule has 0 radical (unpaired) electrons. The van der Waals surface area contributed by atoms with Gasteiger partial charge < -0.3 is 15.4 Å². The van der Waals surface area contributed by atoms with Gasteiger partial charge in [0, 0.05) is 10.7 Å². The smallest absolute Gasteiger partial charge is 0.325 e. The van der Waals surface area contributed by atoms with Gasteiger partial charge in [0.25, 0.3) is 5.91 Å². The lowest BCUT2D eigenvalue weighted by atomic mass is 9.92. The second-order valence-corrected chi connectivity index (χ2v) is 7.12. The maximum Gasteiger partial charge on any atom is 0.325 e. The SMILES string of the molecule is COc1ccc(NC(=O)NC(=O)CN2C(=O)N[C@](C)(c3ccc(Cl)cc3)C2=O)cc1. The van der Waals surface area contributed by atoms with Crippen molar-refractivity contribution in [1.82, 2.24) is 15.5 Å². The number of ether oxygens (including phenoxy) is 1. The Kier molecular flexibility index (Phi) is 5.93. The van der Waals surface area contributed by atoms with E-state index in [2.05, 4.69) is 16.0 Å². The van der Waals surface area contributed by atoms with Crippen molar-refractivity contribution in [2.45, 2.75) is 12.5 Å². The van der Waals surface area contributed by atoms with Crippen LogP contribution in [0.1, 0.15) is 12.5 Å². The molecule has 3 N–H and O–H groups in total. The second-order valence-electron chi connectivity index (χ2n) is 6.68. The second kappa shape index (κ2) is 8.42. The van der Waals surface area contributed by atoms with Crippen LogP contribution in [-0.4, -0.2) is 42.4 Å². The number of amides is 6. The minimum Gasteiger partial charge on any atom is -0.497 e. The number of benzene rings is 2. The number of rotatable bonds is 5. The van der Waals surface area contributed by atoms with Gasteiger partial charge in [0.15, 0.2) is 0 Å². The average Bonchev–Trinajstić information content (AvgIpc) is 2.92. The van der Waals surface area contributed by atoms with Crippen molar-refractivity contribution in [2.75, 3.05) is 19.0 Å². The summed E-state index contributed by atoms with van der Waals surface area (Å²) in [5.74, 6) is -0.815. The van der Waals surface area contributed by atoms with Crippen LogP contribution in [0.4, 0.5) is 15.3 Å². The summed E-state index contributed by atoms with van der Waals surface area (Å²) < 4.78 is 5.02. The number of methoxy groups -OCH3 is 1. The number of imide groups is 2. The molecule has 3 rings (SSSR count). The lowest BCUT2D eigenvalue weighted by Crippen LogP contribution is -2.45. The summed E-state index contributed by atoms with van der Waals surface area (Å²) in [6, 6.07) is 11.4. The first-order valence-electron chi connectivity index (χ1n) is 8.88. The summed E-state index contributed by atoms with van der Waals surface area (Å²) in [5.41, 5.74) is -0.385. The van der Waals surface area contributed by atoms with Crippen LogP contribution >= 0.6 is 11.6 Å². The van der Waals surface area contributed by atoms with Crippen LogP contribution in [0.25, 0.3) is 0 Å². The van der Waals surface area contributed by atoms with Crippen LogP contribution in [0.5, 0.6) is 5.75 Å². The third kappa shape index (κ3) is 4.36. The highest BCUT2D eigenvalue weighted by molar-refractivity contribution is 6.30. The normalized spacial score (nSPS) is 18.0. The zero-order chi connectivity index (χ0) is 21.9. The molecule has 0 aromatic heterocycles. The molecule has 2 aromatic rings. The van der Waals surface area contributed by atoms with E-state index in [0.29, 0.717) is 22.0 Å². The maximum absolute atomic E-state index is 12.8. The molecule has 0 aliphatic carbocycles. The topological polar surface area (TPSA) is 117 Å². The zero-order valence-electron chi connectivity index (χ0n) is 16.2. The summed E-state index contributed by atoms with van der Waals surface area (Å²) >= 11 is 5.87. The van der Waals surface area contributed by atoms with Gasteiger partial charge in [0.05, 0.1) is 7.11 Å². The van der Waals surface area contributed by atoms with Crippen LogP contribution in [0, 0.1) is 0 Å². The van der Waals surface area contributed by atoms with Crippen molar-refractivity contribution in [1.29, 1.82) is 0 Å². The zero-order valence-corrected chi connectivity index (χ0v) is 16.9. The summed E-state index contributed by atoms with van der Waals surface area (Å²) in [6.07, 6.45) is 0. The van der Waals surface area contributed by atoms with E-state index in [4.69, 9.17) is 16.3 Å². The third-order valence-corrected chi connectivity index (χ3v) is 4.85. The number of nitrogens with one attached hydrogen (secondary N) is 3. The van der Waals surface area contributed by atoms with Gasteiger partial charge in [-0.25, -0.2) is 9.59 Å². The molecule has 10 heteroatoms. The Bertz CT molecular complexity index is 993. The maximum atomic E-state index is 12.8. The molecular weight excluding hydrogens is 412 g/mol. The summed E-state index contributed by atoms with van der Waals surface area (Å²) in [6.45, 7) is 0.925. The van der Waals surface area contributed by atoms with Crippen LogP contribution < -0.4 is 20.7 Å². The molecule has 156 valence electrons. The summed E-state index contributed by atoms with van der Waals surface area (Å²) in [4.78, 5) is 50.1. The molecule has 0 unspecified atom stereocenters. The van der Waals surface area contributed by atoms with Crippen molar-refractivity contribution < 1.29 is 23.9 Å². The first-order chi connectivity index (χ1) is 14.2. The fourth-order valence-electron chi connectivity index (χ4n) is 2.97. The van der Waals surface area contributed by atoms with E-state index in [1.165, 1.54) is 14.0 Å². The minimum absolute atomic E-state index is 0.436. The monoisotopic (exact) mass is 430 g/mol. The van der Waals surface area contributed by atoms with Crippen LogP contribution in [0.15, 0.2) is 48.5 Å². The molecule has 1 atom stereocenters. The van der Waals surface area contributed by atoms with E-state index in [1.54, 1.807) is 48.5 Å². The molecule has 1 aliphatic rings. The van der Waals surface area contributed by atoms with Crippen LogP contribution in [0.3, 0.4) is 0 Å². The van der Waals surface area contributed by atoms with Crippen molar-refractivity contribution >= 4 is 41.2 Å². The number of carbonyl (C=O) groups is 4. The fourth-order valence-corrected chi connectivity index (χ4v) is 3.09. The number of urea groups is 2. The Morgan fingerprint density at radius 2 is 1.73 bits per heavy atom. The predicted molar refractivity (Wildman–Crippen MR) is 109 cm³/mol. The molecule has 1 heterocycles. The standard InChI is InChI=1S/C20H19ClN4O5/c1-20(12-3-5-13(21)6-4-12)17(27)25(19(29)24-20)11-16(26)23-18(28)22-14-7-9-15(30-2)10-8-14/h3-10H,11H2,1-2H3,(H,24,29)(H2,22,23,26,28)/t20-/m1/s1. The molecule has 2 aromatic carbocycles. The highest BCUT2D eigenvalue weighted by atomic mass is 35.5. The minimum atomic E-state index is -1.34. The lowest BCUT2D eigenvalue weighted by Gasteiger charge is -2.22. The highest BCUT2D eigenvalue weighted by Crippen LogP contribution is 2.29. The van der Waals surface area contributed by atoms with E-state index in [0.717, 1.165) is 4.90 Å². The van der Waals surface area contributed by atoms with Gasteiger partial charge in [-0.05, 0) is 48.9 Å². The third-order valence-electron chi connectivity index (χ3n) is 4.60. The van der Waals surface area contributed by atoms with Gasteiger partial charge >= 0.3 is 12.1 Å². The lowest BCUT2D eigenvalue weighted by molar-refractivity contribution is -0.134. The first kappa shape index (κ1) is 21.1. The van der Waals surface area contributed by atoms with E-state index in [9.17, 15) is 19.2 Å². The molecule has 0 spiro atoms. The van der Waals surface area contributed by atoms with E-state index in [1.807, 2.05) is 0 Å². The molecule has 6 amide bonds. The molecular formula is C20H19ClN4O5. The Morgan fingerprint density at radius 1 is 1.10 bits per heavy atom. The highest BCUT2D eigenvalue weighted by Gasteiger charge is 2.49. The number of carbonyl (C=O) groups excluding carboxylic acids is 4. The van der Waals surface area contributed by atoms with Crippen molar-refractivity contribution in [3.05, 3.63) is 59.1 Å². The first-order valence-corrected chi connectivity index (χ1v) is 9.26. The molecule has 0 saturated carbocycles. The number of hydrogen-bond donors (Lipinski definition) is 3. The largest absolute Gasteiger partial charge is 0.497 e. The van der Waals surface area contributed by atoms with E-state index in [-0.39, 0.29) is 0 Å². The molecule has 30 heavy (non-hydrogen) atoms. The Labute approximate surface area is 177 Å². The van der Waals surface area contributed by atoms with Gasteiger partial charge in [-0.3, -0.25) is 19.8 Å². The Hall–Kier alpha value is -3.59.